The van der Waals surface area contributed by atoms with Crippen LogP contribution in [0.5, 0.6) is 0 Å². The predicted molar refractivity (Wildman–Crippen MR) is 99.7 cm³/mol. The van der Waals surface area contributed by atoms with Gasteiger partial charge in [-0.25, -0.2) is 9.37 Å². The molecular weight excluding hydrogens is 345 g/mol. The maximum absolute atomic E-state index is 13.8. The minimum Gasteiger partial charge on any atom is -0.459 e. The molecule has 6 heteroatoms. The summed E-state index contributed by atoms with van der Waals surface area (Å²) < 4.78 is 19.5. The normalized spacial score (nSPS) is 20.1. The lowest BCUT2D eigenvalue weighted by Crippen LogP contribution is -2.28. The average Bonchev–Trinajstić information content (AvgIpc) is 3.14. The molecule has 1 fully saturated rings. The Labute approximate surface area is 154 Å². The van der Waals surface area contributed by atoms with E-state index in [1.165, 1.54) is 6.07 Å². The third-order valence-electron chi connectivity index (χ3n) is 5.20. The predicted octanol–water partition coefficient (Wildman–Crippen LogP) is 4.43. The zero-order valence-electron chi connectivity index (χ0n) is 14.7. The van der Waals surface area contributed by atoms with E-state index in [0.29, 0.717) is 16.7 Å². The first kappa shape index (κ1) is 16.1. The molecule has 5 nitrogen and oxygen atoms in total. The molecule has 1 amide bonds. The molecule has 0 spiro atoms. The fourth-order valence-corrected chi connectivity index (χ4v) is 3.59. The van der Waals surface area contributed by atoms with E-state index in [0.717, 1.165) is 23.3 Å². The van der Waals surface area contributed by atoms with Gasteiger partial charge < -0.3 is 14.7 Å². The average molecular weight is 363 g/mol. The number of aromatic nitrogens is 2. The van der Waals surface area contributed by atoms with Crippen LogP contribution < -0.4 is 5.32 Å². The summed E-state index contributed by atoms with van der Waals surface area (Å²) in [6.45, 7) is 1.84. The van der Waals surface area contributed by atoms with E-state index in [1.807, 2.05) is 31.2 Å². The van der Waals surface area contributed by atoms with E-state index in [9.17, 15) is 9.18 Å². The Balaban J connectivity index is 1.29. The largest absolute Gasteiger partial charge is 0.459 e. The molecule has 2 aromatic carbocycles. The smallest absolute Gasteiger partial charge is 0.224 e. The number of hydrogen-bond acceptors (Lipinski definition) is 3. The van der Waals surface area contributed by atoms with Gasteiger partial charge in [-0.1, -0.05) is 18.2 Å². The van der Waals surface area contributed by atoms with Gasteiger partial charge in [0.1, 0.15) is 23.0 Å². The highest BCUT2D eigenvalue weighted by Gasteiger charge is 2.46. The lowest BCUT2D eigenvalue weighted by Gasteiger charge is -2.11. The first-order chi connectivity index (χ1) is 13.1. The van der Waals surface area contributed by atoms with E-state index in [1.54, 1.807) is 18.2 Å². The fourth-order valence-electron chi connectivity index (χ4n) is 3.59. The number of amides is 1. The molecular formula is C21H18FN3O2. The molecule has 1 aliphatic rings. The number of benzene rings is 2. The van der Waals surface area contributed by atoms with E-state index >= 15 is 0 Å². The maximum Gasteiger partial charge on any atom is 0.224 e. The molecule has 0 saturated heterocycles. The van der Waals surface area contributed by atoms with Crippen LogP contribution in [0.1, 0.15) is 36.9 Å². The fraction of sp³-hybridized carbons (Fsp3) is 0.238. The molecule has 136 valence electrons. The van der Waals surface area contributed by atoms with Crippen LogP contribution in [0.25, 0.3) is 22.0 Å². The van der Waals surface area contributed by atoms with Gasteiger partial charge in [-0.2, -0.15) is 0 Å². The van der Waals surface area contributed by atoms with Crippen LogP contribution in [0.4, 0.5) is 4.39 Å². The molecule has 3 atom stereocenters. The number of rotatable bonds is 4. The highest BCUT2D eigenvalue weighted by atomic mass is 19.1. The van der Waals surface area contributed by atoms with E-state index in [2.05, 4.69) is 15.3 Å². The second-order valence-corrected chi connectivity index (χ2v) is 7.12. The lowest BCUT2D eigenvalue weighted by atomic mass is 10.2. The SMILES string of the molecule is C[C@@H](NC(=O)[C@H]1C[C@@H]1c1nc2ccccc2[nH]1)c1cc2c(F)cccc2o1. The Kier molecular flexibility index (Phi) is 3.53. The Morgan fingerprint density at radius 2 is 2.15 bits per heavy atom. The van der Waals surface area contributed by atoms with E-state index in [-0.39, 0.29) is 29.6 Å². The van der Waals surface area contributed by atoms with Crippen molar-refractivity contribution in [2.75, 3.05) is 0 Å². The summed E-state index contributed by atoms with van der Waals surface area (Å²) in [5.41, 5.74) is 2.38. The van der Waals surface area contributed by atoms with Gasteiger partial charge in [0.25, 0.3) is 0 Å². The van der Waals surface area contributed by atoms with Gasteiger partial charge in [-0.15, -0.1) is 0 Å². The van der Waals surface area contributed by atoms with Crippen molar-refractivity contribution < 1.29 is 13.6 Å². The van der Waals surface area contributed by atoms with E-state index < -0.39 is 0 Å². The van der Waals surface area contributed by atoms with Crippen molar-refractivity contribution in [1.82, 2.24) is 15.3 Å². The number of carbonyl (C=O) groups excluding carboxylic acids is 1. The molecule has 2 heterocycles. The summed E-state index contributed by atoms with van der Waals surface area (Å²) >= 11 is 0. The number of nitrogens with one attached hydrogen (secondary N) is 2. The lowest BCUT2D eigenvalue weighted by molar-refractivity contribution is -0.123. The number of para-hydroxylation sites is 2. The molecule has 0 bridgehead atoms. The van der Waals surface area contributed by atoms with Gasteiger partial charge in [0.2, 0.25) is 5.91 Å². The molecule has 1 aliphatic carbocycles. The summed E-state index contributed by atoms with van der Waals surface area (Å²) in [5, 5.41) is 3.41. The van der Waals surface area contributed by atoms with Crippen molar-refractivity contribution >= 4 is 27.9 Å². The van der Waals surface area contributed by atoms with Crippen LogP contribution in [0.2, 0.25) is 0 Å². The van der Waals surface area contributed by atoms with Crippen LogP contribution in [-0.2, 0) is 4.79 Å². The van der Waals surface area contributed by atoms with Gasteiger partial charge in [-0.05, 0) is 43.7 Å². The minimum atomic E-state index is -0.332. The summed E-state index contributed by atoms with van der Waals surface area (Å²) in [7, 11) is 0. The van der Waals surface area contributed by atoms with Crippen molar-refractivity contribution in [2.45, 2.75) is 25.3 Å². The highest BCUT2D eigenvalue weighted by Crippen LogP contribution is 2.47. The second kappa shape index (κ2) is 5.94. The maximum atomic E-state index is 13.8. The number of nitrogens with zero attached hydrogens (tertiary/aromatic N) is 1. The van der Waals surface area contributed by atoms with Crippen LogP contribution in [0.15, 0.2) is 52.9 Å². The topological polar surface area (TPSA) is 70.9 Å². The van der Waals surface area contributed by atoms with Gasteiger partial charge in [-0.3, -0.25) is 4.79 Å². The molecule has 0 unspecified atom stereocenters. The number of imidazole rings is 1. The number of aromatic amines is 1. The molecule has 2 N–H and O–H groups in total. The standard InChI is InChI=1S/C21H18FN3O2/c1-11(19-10-14-15(22)5-4-8-18(14)27-19)23-21(26)13-9-12(13)20-24-16-6-2-3-7-17(16)25-20/h2-8,10-13H,9H2,1H3,(H,23,26)(H,24,25)/t11-,12+,13+/m1/s1. The number of fused-ring (bicyclic) bond motifs is 2. The highest BCUT2D eigenvalue weighted by molar-refractivity contribution is 5.84. The second-order valence-electron chi connectivity index (χ2n) is 7.12. The first-order valence-electron chi connectivity index (χ1n) is 9.03. The molecule has 27 heavy (non-hydrogen) atoms. The van der Waals surface area contributed by atoms with Crippen LogP contribution in [-0.4, -0.2) is 15.9 Å². The van der Waals surface area contributed by atoms with Crippen molar-refractivity contribution in [3.63, 3.8) is 0 Å². The van der Waals surface area contributed by atoms with Gasteiger partial charge in [0.05, 0.1) is 22.5 Å². The Bertz CT molecular complexity index is 1130. The summed E-state index contributed by atoms with van der Waals surface area (Å²) in [5.74, 6) is 1.05. The Morgan fingerprint density at radius 3 is 2.96 bits per heavy atom. The van der Waals surface area contributed by atoms with Crippen LogP contribution in [0.3, 0.4) is 0 Å². The van der Waals surface area contributed by atoms with Crippen molar-refractivity contribution in [3.05, 3.63) is 65.9 Å². The minimum absolute atomic E-state index is 0.0334. The zero-order chi connectivity index (χ0) is 18.5. The number of carbonyl (C=O) groups is 1. The summed E-state index contributed by atoms with van der Waals surface area (Å²) in [6, 6.07) is 13.9. The van der Waals surface area contributed by atoms with Crippen LogP contribution >= 0.6 is 0 Å². The zero-order valence-corrected chi connectivity index (χ0v) is 14.7. The van der Waals surface area contributed by atoms with Crippen LogP contribution in [0, 0.1) is 11.7 Å². The Morgan fingerprint density at radius 1 is 1.30 bits per heavy atom. The third-order valence-corrected chi connectivity index (χ3v) is 5.20. The summed E-state index contributed by atoms with van der Waals surface area (Å²) in [4.78, 5) is 20.5. The molecule has 2 aromatic heterocycles. The van der Waals surface area contributed by atoms with Gasteiger partial charge in [0, 0.05) is 11.8 Å². The third kappa shape index (κ3) is 2.77. The first-order valence-corrected chi connectivity index (χ1v) is 9.03. The van der Waals surface area contributed by atoms with Gasteiger partial charge in [0.15, 0.2) is 0 Å². The molecule has 0 aliphatic heterocycles. The van der Waals surface area contributed by atoms with Crippen molar-refractivity contribution in [1.29, 1.82) is 0 Å². The van der Waals surface area contributed by atoms with E-state index in [4.69, 9.17) is 4.42 Å². The number of H-pyrrole nitrogens is 1. The molecule has 1 saturated carbocycles. The molecule has 0 radical (unpaired) electrons. The summed E-state index contributed by atoms with van der Waals surface area (Å²) in [6.07, 6.45) is 0.771. The quantitative estimate of drug-likeness (QED) is 0.563. The van der Waals surface area contributed by atoms with Crippen molar-refractivity contribution in [2.24, 2.45) is 5.92 Å². The van der Waals surface area contributed by atoms with Crippen molar-refractivity contribution in [3.8, 4) is 0 Å². The molecule has 4 aromatic rings. The number of hydrogen-bond donors (Lipinski definition) is 2. The number of furan rings is 1. The monoisotopic (exact) mass is 363 g/mol. The number of halogens is 1. The molecule has 5 rings (SSSR count). The van der Waals surface area contributed by atoms with Gasteiger partial charge >= 0.3 is 0 Å². The Hall–Kier alpha value is -3.15.